The molecule has 2 saturated heterocycles. The molecular formula is C22H28N2O. The fourth-order valence-corrected chi connectivity index (χ4v) is 4.52. The first kappa shape index (κ1) is 16.8. The summed E-state index contributed by atoms with van der Waals surface area (Å²) in [5, 5.41) is 10.5. The van der Waals surface area contributed by atoms with Crippen LogP contribution in [-0.4, -0.2) is 53.2 Å². The summed E-state index contributed by atoms with van der Waals surface area (Å²) >= 11 is 0. The van der Waals surface area contributed by atoms with Crippen LogP contribution in [0.1, 0.15) is 30.0 Å². The smallest absolute Gasteiger partial charge is 0.0707 e. The van der Waals surface area contributed by atoms with Gasteiger partial charge in [-0.2, -0.15) is 0 Å². The summed E-state index contributed by atoms with van der Waals surface area (Å²) < 4.78 is 0. The van der Waals surface area contributed by atoms with Gasteiger partial charge in [0, 0.05) is 38.3 Å². The Bertz CT molecular complexity index is 660. The van der Waals surface area contributed by atoms with Gasteiger partial charge in [-0.3, -0.25) is 9.80 Å². The van der Waals surface area contributed by atoms with Crippen molar-refractivity contribution in [3.63, 3.8) is 0 Å². The summed E-state index contributed by atoms with van der Waals surface area (Å²) in [6.45, 7) is 4.11. The van der Waals surface area contributed by atoms with E-state index in [1.165, 1.54) is 24.0 Å². The Morgan fingerprint density at radius 2 is 1.64 bits per heavy atom. The third kappa shape index (κ3) is 3.95. The fraction of sp³-hybridized carbons (Fsp3) is 0.455. The Morgan fingerprint density at radius 3 is 2.40 bits per heavy atom. The Kier molecular flexibility index (Phi) is 5.16. The quantitative estimate of drug-likeness (QED) is 0.909. The van der Waals surface area contributed by atoms with Crippen LogP contribution < -0.4 is 0 Å². The predicted octanol–water partition coefficient (Wildman–Crippen LogP) is 3.11. The topological polar surface area (TPSA) is 26.7 Å². The zero-order valence-corrected chi connectivity index (χ0v) is 14.8. The molecule has 132 valence electrons. The van der Waals surface area contributed by atoms with Crippen LogP contribution in [0.15, 0.2) is 60.7 Å². The third-order valence-electron chi connectivity index (χ3n) is 5.79. The second kappa shape index (κ2) is 7.69. The van der Waals surface area contributed by atoms with Gasteiger partial charge in [0.1, 0.15) is 0 Å². The summed E-state index contributed by atoms with van der Waals surface area (Å²) in [5.41, 5.74) is 2.68. The highest BCUT2D eigenvalue weighted by Gasteiger charge is 2.36. The minimum Gasteiger partial charge on any atom is -0.391 e. The van der Waals surface area contributed by atoms with Crippen LogP contribution in [0.25, 0.3) is 0 Å². The van der Waals surface area contributed by atoms with E-state index in [1.54, 1.807) is 0 Å². The molecule has 0 radical (unpaired) electrons. The summed E-state index contributed by atoms with van der Waals surface area (Å²) in [4.78, 5) is 5.16. The SMILES string of the molecule is O[C@H](Cc1ccccc1)CN1CCN2C[C@@H]1CCC2c1ccccc1. The van der Waals surface area contributed by atoms with E-state index >= 15 is 0 Å². The molecule has 2 unspecified atom stereocenters. The molecule has 4 atom stereocenters. The van der Waals surface area contributed by atoms with Crippen LogP contribution in [0.2, 0.25) is 0 Å². The highest BCUT2D eigenvalue weighted by molar-refractivity contribution is 5.20. The number of fused-ring (bicyclic) bond motifs is 2. The zero-order valence-electron chi connectivity index (χ0n) is 14.8. The number of hydrogen-bond donors (Lipinski definition) is 1. The Morgan fingerprint density at radius 1 is 0.920 bits per heavy atom. The number of rotatable bonds is 5. The fourth-order valence-electron chi connectivity index (χ4n) is 4.52. The molecule has 3 nitrogen and oxygen atoms in total. The number of aliphatic hydroxyl groups excluding tert-OH is 1. The van der Waals surface area contributed by atoms with E-state index < -0.39 is 0 Å². The van der Waals surface area contributed by atoms with Gasteiger partial charge in [0.05, 0.1) is 6.10 Å². The molecule has 2 bridgehead atoms. The zero-order chi connectivity index (χ0) is 17.1. The van der Waals surface area contributed by atoms with Crippen LogP contribution in [-0.2, 0) is 6.42 Å². The molecule has 2 aromatic rings. The molecule has 2 heterocycles. The number of hydrogen-bond acceptors (Lipinski definition) is 3. The number of benzene rings is 2. The average Bonchev–Trinajstić information content (AvgIpc) is 2.66. The van der Waals surface area contributed by atoms with Crippen LogP contribution in [0, 0.1) is 0 Å². The molecule has 0 saturated carbocycles. The van der Waals surface area contributed by atoms with Gasteiger partial charge in [0.15, 0.2) is 0 Å². The van der Waals surface area contributed by atoms with Crippen LogP contribution >= 0.6 is 0 Å². The van der Waals surface area contributed by atoms with Gasteiger partial charge in [-0.15, -0.1) is 0 Å². The molecule has 3 heteroatoms. The van der Waals surface area contributed by atoms with Gasteiger partial charge in [-0.25, -0.2) is 0 Å². The normalized spacial score (nSPS) is 27.8. The van der Waals surface area contributed by atoms with Crippen molar-refractivity contribution in [3.8, 4) is 0 Å². The standard InChI is InChI=1S/C22H28N2O/c25-21(15-18-7-3-1-4-8-18)17-23-13-14-24-16-20(23)11-12-22(24)19-9-5-2-6-10-19/h1-10,20-22,25H,11-17H2/t20-,21+,22?/m0/s1. The predicted molar refractivity (Wildman–Crippen MR) is 102 cm³/mol. The average molecular weight is 336 g/mol. The van der Waals surface area contributed by atoms with E-state index in [4.69, 9.17) is 0 Å². The molecule has 25 heavy (non-hydrogen) atoms. The summed E-state index contributed by atoms with van der Waals surface area (Å²) in [5.74, 6) is 0. The first-order valence-electron chi connectivity index (χ1n) is 9.54. The number of aliphatic hydroxyl groups is 1. The van der Waals surface area contributed by atoms with Gasteiger partial charge < -0.3 is 5.11 Å². The molecule has 0 aliphatic carbocycles. The van der Waals surface area contributed by atoms with Crippen LogP contribution in [0.5, 0.6) is 0 Å². The highest BCUT2D eigenvalue weighted by Crippen LogP contribution is 2.34. The largest absolute Gasteiger partial charge is 0.391 e. The molecule has 2 aromatic carbocycles. The Hall–Kier alpha value is -1.68. The van der Waals surface area contributed by atoms with Crippen molar-refractivity contribution in [2.45, 2.75) is 37.5 Å². The molecule has 2 aliphatic rings. The minimum absolute atomic E-state index is 0.277. The van der Waals surface area contributed by atoms with Crippen molar-refractivity contribution in [2.75, 3.05) is 26.2 Å². The van der Waals surface area contributed by atoms with E-state index in [9.17, 15) is 5.11 Å². The number of β-amino-alcohol motifs (C(OH)–C–C–N with tert-alkyl or cyclic N) is 1. The number of piperidine rings is 1. The van der Waals surface area contributed by atoms with E-state index in [0.717, 1.165) is 32.6 Å². The van der Waals surface area contributed by atoms with E-state index in [1.807, 2.05) is 18.2 Å². The lowest BCUT2D eigenvalue weighted by atomic mass is 9.90. The summed E-state index contributed by atoms with van der Waals surface area (Å²) in [7, 11) is 0. The van der Waals surface area contributed by atoms with E-state index in [0.29, 0.717) is 12.1 Å². The molecule has 1 N–H and O–H groups in total. The molecule has 2 aliphatic heterocycles. The van der Waals surface area contributed by atoms with Crippen molar-refractivity contribution in [1.82, 2.24) is 9.80 Å². The first-order valence-corrected chi connectivity index (χ1v) is 9.54. The van der Waals surface area contributed by atoms with Crippen molar-refractivity contribution < 1.29 is 5.11 Å². The second-order valence-corrected chi connectivity index (χ2v) is 7.49. The lowest BCUT2D eigenvalue weighted by Gasteiger charge is -2.49. The highest BCUT2D eigenvalue weighted by atomic mass is 16.3. The van der Waals surface area contributed by atoms with Crippen LogP contribution in [0.3, 0.4) is 0 Å². The van der Waals surface area contributed by atoms with Gasteiger partial charge in [0.2, 0.25) is 0 Å². The monoisotopic (exact) mass is 336 g/mol. The first-order chi connectivity index (χ1) is 12.3. The molecule has 4 rings (SSSR count). The van der Waals surface area contributed by atoms with Crippen molar-refractivity contribution in [1.29, 1.82) is 0 Å². The maximum Gasteiger partial charge on any atom is 0.0707 e. The molecule has 0 spiro atoms. The summed E-state index contributed by atoms with van der Waals surface area (Å²) in [6.07, 6.45) is 2.93. The molecule has 0 amide bonds. The van der Waals surface area contributed by atoms with Crippen LogP contribution in [0.4, 0.5) is 0 Å². The maximum atomic E-state index is 10.5. The van der Waals surface area contributed by atoms with Gasteiger partial charge >= 0.3 is 0 Å². The van der Waals surface area contributed by atoms with Gasteiger partial charge in [0.25, 0.3) is 0 Å². The van der Waals surface area contributed by atoms with Gasteiger partial charge in [-0.05, 0) is 30.4 Å². The Labute approximate surface area is 150 Å². The van der Waals surface area contributed by atoms with E-state index in [2.05, 4.69) is 52.3 Å². The molecule has 2 fully saturated rings. The minimum atomic E-state index is -0.277. The third-order valence-corrected chi connectivity index (χ3v) is 5.79. The maximum absolute atomic E-state index is 10.5. The van der Waals surface area contributed by atoms with Crippen molar-refractivity contribution in [2.24, 2.45) is 0 Å². The number of piperazine rings is 1. The summed E-state index contributed by atoms with van der Waals surface area (Å²) in [6, 6.07) is 22.4. The molecular weight excluding hydrogens is 308 g/mol. The number of nitrogens with zero attached hydrogens (tertiary/aromatic N) is 2. The second-order valence-electron chi connectivity index (χ2n) is 7.49. The molecule has 0 aromatic heterocycles. The van der Waals surface area contributed by atoms with Crippen molar-refractivity contribution in [3.05, 3.63) is 71.8 Å². The van der Waals surface area contributed by atoms with E-state index in [-0.39, 0.29) is 6.10 Å². The lowest BCUT2D eigenvalue weighted by Crippen LogP contribution is -2.58. The van der Waals surface area contributed by atoms with Gasteiger partial charge in [-0.1, -0.05) is 60.7 Å². The van der Waals surface area contributed by atoms with Crippen molar-refractivity contribution >= 4 is 0 Å². The Balaban J connectivity index is 1.34. The lowest BCUT2D eigenvalue weighted by molar-refractivity contribution is -0.0160.